The largest absolute Gasteiger partial charge is 0.350 e. The summed E-state index contributed by atoms with van der Waals surface area (Å²) in [7, 11) is 0. The molecule has 2 N–H and O–H groups in total. The second-order valence-electron chi connectivity index (χ2n) is 7.92. The summed E-state index contributed by atoms with van der Waals surface area (Å²) in [6.07, 6.45) is 2.69. The zero-order valence-electron chi connectivity index (χ0n) is 16.0. The molecule has 0 radical (unpaired) electrons. The number of fused-ring (bicyclic) bond motifs is 4. The summed E-state index contributed by atoms with van der Waals surface area (Å²) in [5.74, 6) is 0.288. The second kappa shape index (κ2) is 7.61. The molecule has 150 valence electrons. The fourth-order valence-corrected chi connectivity index (χ4v) is 5.46. The molecule has 5 heterocycles. The van der Waals surface area contributed by atoms with Crippen molar-refractivity contribution >= 4 is 17.2 Å². The Morgan fingerprint density at radius 2 is 2.21 bits per heavy atom. The van der Waals surface area contributed by atoms with Crippen molar-refractivity contribution in [1.82, 2.24) is 25.0 Å². The molecular formula is C21H23N5O2S. The van der Waals surface area contributed by atoms with Crippen LogP contribution in [-0.2, 0) is 17.9 Å². The van der Waals surface area contributed by atoms with Gasteiger partial charge in [0.25, 0.3) is 5.56 Å². The Bertz CT molecular complexity index is 1040. The van der Waals surface area contributed by atoms with Crippen molar-refractivity contribution in [3.8, 4) is 0 Å². The Morgan fingerprint density at radius 1 is 1.28 bits per heavy atom. The van der Waals surface area contributed by atoms with Gasteiger partial charge in [-0.15, -0.1) is 0 Å². The Labute approximate surface area is 172 Å². The van der Waals surface area contributed by atoms with Crippen molar-refractivity contribution in [2.75, 3.05) is 13.1 Å². The number of piperidine rings is 1. The van der Waals surface area contributed by atoms with E-state index >= 15 is 0 Å². The molecule has 3 aromatic rings. The number of aromatic amines is 1. The highest BCUT2D eigenvalue weighted by molar-refractivity contribution is 7.07. The summed E-state index contributed by atoms with van der Waals surface area (Å²) in [4.78, 5) is 28.3. The number of likely N-dealkylation sites (tertiary alicyclic amines) is 1. The van der Waals surface area contributed by atoms with Gasteiger partial charge in [0.2, 0.25) is 5.91 Å². The molecule has 0 aromatic carbocycles. The molecule has 1 fully saturated rings. The topological polar surface area (TPSA) is 83.0 Å². The lowest BCUT2D eigenvalue weighted by Gasteiger charge is -2.46. The highest BCUT2D eigenvalue weighted by Crippen LogP contribution is 2.41. The van der Waals surface area contributed by atoms with Crippen LogP contribution in [0, 0.1) is 5.92 Å². The number of H-pyrrole nitrogens is 1. The van der Waals surface area contributed by atoms with E-state index in [2.05, 4.69) is 20.4 Å². The summed E-state index contributed by atoms with van der Waals surface area (Å²) >= 11 is 1.61. The van der Waals surface area contributed by atoms with Crippen LogP contribution < -0.4 is 10.9 Å². The van der Waals surface area contributed by atoms with Gasteiger partial charge in [-0.05, 0) is 40.9 Å². The van der Waals surface area contributed by atoms with E-state index in [4.69, 9.17) is 0 Å². The van der Waals surface area contributed by atoms with Gasteiger partial charge in [-0.2, -0.15) is 16.4 Å². The van der Waals surface area contributed by atoms with Crippen LogP contribution in [0.15, 0.2) is 52.1 Å². The molecule has 3 aromatic heterocycles. The average molecular weight is 410 g/mol. The molecule has 0 spiro atoms. The lowest BCUT2D eigenvalue weighted by Crippen LogP contribution is -2.53. The zero-order chi connectivity index (χ0) is 19.8. The Balaban J connectivity index is 1.44. The molecule has 5 rings (SSSR count). The first-order valence-corrected chi connectivity index (χ1v) is 10.8. The Morgan fingerprint density at radius 3 is 3.00 bits per heavy atom. The number of carbonyl (C=O) groups excluding carboxylic acids is 1. The molecule has 2 bridgehead atoms. The molecular weight excluding hydrogens is 386 g/mol. The van der Waals surface area contributed by atoms with Gasteiger partial charge >= 0.3 is 0 Å². The van der Waals surface area contributed by atoms with E-state index in [9.17, 15) is 9.59 Å². The molecule has 8 heteroatoms. The molecule has 0 aliphatic carbocycles. The number of nitrogens with zero attached hydrogens (tertiary/aromatic N) is 3. The van der Waals surface area contributed by atoms with Crippen molar-refractivity contribution in [1.29, 1.82) is 0 Å². The van der Waals surface area contributed by atoms with Crippen LogP contribution in [0.4, 0.5) is 0 Å². The van der Waals surface area contributed by atoms with Crippen LogP contribution in [-0.4, -0.2) is 38.7 Å². The summed E-state index contributed by atoms with van der Waals surface area (Å²) < 4.78 is 1.75. The van der Waals surface area contributed by atoms with Gasteiger partial charge in [0.05, 0.1) is 0 Å². The summed E-state index contributed by atoms with van der Waals surface area (Å²) in [5, 5.41) is 14.2. The monoisotopic (exact) mass is 409 g/mol. The first kappa shape index (κ1) is 18.3. The number of hydrogen-bond donors (Lipinski definition) is 2. The van der Waals surface area contributed by atoms with E-state index in [0.29, 0.717) is 6.54 Å². The van der Waals surface area contributed by atoms with Crippen molar-refractivity contribution in [2.45, 2.75) is 31.5 Å². The number of pyridine rings is 1. The summed E-state index contributed by atoms with van der Waals surface area (Å²) in [6, 6.07) is 8.89. The molecule has 0 saturated carbocycles. The van der Waals surface area contributed by atoms with E-state index in [0.717, 1.165) is 43.0 Å². The molecule has 2 aliphatic rings. The third-order valence-corrected chi connectivity index (χ3v) is 6.72. The number of hydrogen-bond acceptors (Lipinski definition) is 5. The van der Waals surface area contributed by atoms with Gasteiger partial charge < -0.3 is 5.32 Å². The van der Waals surface area contributed by atoms with Gasteiger partial charge in [0.1, 0.15) is 6.04 Å². The van der Waals surface area contributed by atoms with Gasteiger partial charge in [0.15, 0.2) is 0 Å². The van der Waals surface area contributed by atoms with Gasteiger partial charge in [0, 0.05) is 61.7 Å². The molecule has 29 heavy (non-hydrogen) atoms. The highest BCUT2D eigenvalue weighted by atomic mass is 32.1. The lowest BCUT2D eigenvalue weighted by atomic mass is 9.78. The van der Waals surface area contributed by atoms with Crippen LogP contribution in [0.2, 0.25) is 0 Å². The van der Waals surface area contributed by atoms with E-state index in [1.807, 2.05) is 35.0 Å². The molecule has 0 unspecified atom stereocenters. The van der Waals surface area contributed by atoms with Crippen molar-refractivity contribution in [3.05, 3.63) is 74.6 Å². The smallest absolute Gasteiger partial charge is 0.251 e. The van der Waals surface area contributed by atoms with Crippen molar-refractivity contribution in [2.24, 2.45) is 5.92 Å². The summed E-state index contributed by atoms with van der Waals surface area (Å²) in [6.45, 7) is 2.92. The normalized spacial score (nSPS) is 23.5. The quantitative estimate of drug-likeness (QED) is 0.676. The molecule has 2 aliphatic heterocycles. The minimum absolute atomic E-state index is 0.0717. The standard InChI is InChI=1S/C21H23N5O2S/c27-19-3-1-2-18-15-8-16(11-25(10-15)12-17-4-6-23-24-17)20(26(18)19)21(28)22-9-14-5-7-29-13-14/h1-7,13,15-16,20H,8-12H2,(H,22,28)(H,23,24)/t15-,16+,20+/m0/s1. The zero-order valence-corrected chi connectivity index (χ0v) is 16.8. The first-order valence-electron chi connectivity index (χ1n) is 9.90. The predicted molar refractivity (Wildman–Crippen MR) is 111 cm³/mol. The Hall–Kier alpha value is -2.71. The van der Waals surface area contributed by atoms with Crippen LogP contribution in [0.3, 0.4) is 0 Å². The molecule has 1 amide bonds. The maximum Gasteiger partial charge on any atom is 0.251 e. The van der Waals surface area contributed by atoms with Crippen LogP contribution in [0.25, 0.3) is 0 Å². The fourth-order valence-electron chi connectivity index (χ4n) is 4.79. The van der Waals surface area contributed by atoms with E-state index in [-0.39, 0.29) is 23.3 Å². The van der Waals surface area contributed by atoms with Crippen LogP contribution >= 0.6 is 11.3 Å². The van der Waals surface area contributed by atoms with Crippen molar-refractivity contribution < 1.29 is 4.79 Å². The summed E-state index contributed by atoms with van der Waals surface area (Å²) in [5.41, 5.74) is 3.03. The Kier molecular flexibility index (Phi) is 4.81. The van der Waals surface area contributed by atoms with Gasteiger partial charge in [-0.1, -0.05) is 6.07 Å². The van der Waals surface area contributed by atoms with Gasteiger partial charge in [-0.25, -0.2) is 0 Å². The predicted octanol–water partition coefficient (Wildman–Crippen LogP) is 2.11. The average Bonchev–Trinajstić information content (AvgIpc) is 3.41. The molecule has 3 atom stereocenters. The minimum atomic E-state index is -0.474. The van der Waals surface area contributed by atoms with Crippen LogP contribution in [0.5, 0.6) is 0 Å². The van der Waals surface area contributed by atoms with E-state index in [1.54, 1.807) is 28.2 Å². The maximum absolute atomic E-state index is 13.2. The number of rotatable bonds is 5. The number of amides is 1. The number of carbonyl (C=O) groups is 1. The SMILES string of the molecule is O=C(NCc1ccsc1)[C@H]1[C@@H]2C[C@@H](CN(Cc3ccn[nH]3)C2)c2cccc(=O)n21. The third-order valence-electron chi connectivity index (χ3n) is 5.99. The first-order chi connectivity index (χ1) is 14.2. The number of thiophene rings is 1. The van der Waals surface area contributed by atoms with Crippen LogP contribution in [0.1, 0.15) is 35.3 Å². The fraction of sp³-hybridized carbons (Fsp3) is 0.381. The van der Waals surface area contributed by atoms with E-state index < -0.39 is 6.04 Å². The van der Waals surface area contributed by atoms with E-state index in [1.165, 1.54) is 0 Å². The maximum atomic E-state index is 13.2. The number of aromatic nitrogens is 3. The molecule has 1 saturated heterocycles. The molecule has 7 nitrogen and oxygen atoms in total. The highest BCUT2D eigenvalue weighted by Gasteiger charge is 2.43. The number of nitrogens with one attached hydrogen (secondary N) is 2. The third kappa shape index (κ3) is 3.54. The van der Waals surface area contributed by atoms with Gasteiger partial charge in [-0.3, -0.25) is 24.2 Å². The minimum Gasteiger partial charge on any atom is -0.350 e. The second-order valence-corrected chi connectivity index (χ2v) is 8.70. The lowest BCUT2D eigenvalue weighted by molar-refractivity contribution is -0.128. The van der Waals surface area contributed by atoms with Crippen molar-refractivity contribution in [3.63, 3.8) is 0 Å².